The van der Waals surface area contributed by atoms with Crippen LogP contribution in [0, 0.1) is 0 Å². The molecule has 1 aliphatic rings. The molecular formula is C25H33N7O8. The molecule has 0 saturated heterocycles. The molecule has 40 heavy (non-hydrogen) atoms. The number of ether oxygens (including phenoxy) is 1. The lowest BCUT2D eigenvalue weighted by molar-refractivity contribution is -0.136. The van der Waals surface area contributed by atoms with Gasteiger partial charge in [-0.05, 0) is 38.6 Å². The molecule has 0 bridgehead atoms. The first kappa shape index (κ1) is 31.4. The highest BCUT2D eigenvalue weighted by Gasteiger charge is 2.27. The van der Waals surface area contributed by atoms with E-state index in [1.165, 1.54) is 19.1 Å². The van der Waals surface area contributed by atoms with Crippen LogP contribution in [0.15, 0.2) is 36.4 Å². The van der Waals surface area contributed by atoms with Crippen LogP contribution in [0.2, 0.25) is 0 Å². The number of anilines is 1. The number of alkyl carbamates (subject to hydrolysis) is 1. The van der Waals surface area contributed by atoms with Gasteiger partial charge in [0.05, 0.1) is 12.5 Å². The molecule has 1 aromatic carbocycles. The van der Waals surface area contributed by atoms with Crippen molar-refractivity contribution in [2.24, 2.45) is 5.73 Å². The summed E-state index contributed by atoms with van der Waals surface area (Å²) in [6.45, 7) is 2.97. The number of amides is 7. The molecule has 1 aliphatic heterocycles. The van der Waals surface area contributed by atoms with Gasteiger partial charge in [-0.2, -0.15) is 0 Å². The lowest BCUT2D eigenvalue weighted by Crippen LogP contribution is -2.54. The second kappa shape index (κ2) is 15.0. The fourth-order valence-corrected chi connectivity index (χ4v) is 3.28. The Labute approximate surface area is 230 Å². The van der Waals surface area contributed by atoms with Crippen molar-refractivity contribution in [3.8, 4) is 0 Å². The molecular weight excluding hydrogens is 526 g/mol. The maximum Gasteiger partial charge on any atom is 0.407 e. The van der Waals surface area contributed by atoms with Crippen LogP contribution < -0.4 is 32.3 Å². The Morgan fingerprint density at radius 2 is 1.50 bits per heavy atom. The molecule has 7 N–H and O–H groups in total. The average Bonchev–Trinajstić information content (AvgIpc) is 3.23. The van der Waals surface area contributed by atoms with Gasteiger partial charge in [0.25, 0.3) is 11.8 Å². The van der Waals surface area contributed by atoms with Crippen molar-refractivity contribution in [3.05, 3.63) is 42.0 Å². The Morgan fingerprint density at radius 3 is 2.08 bits per heavy atom. The average molecular weight is 560 g/mol. The molecule has 1 aromatic rings. The monoisotopic (exact) mass is 559 g/mol. The third-order valence-electron chi connectivity index (χ3n) is 5.71. The zero-order valence-electron chi connectivity index (χ0n) is 22.3. The van der Waals surface area contributed by atoms with E-state index >= 15 is 0 Å². The number of carbonyl (C=O) groups excluding carboxylic acids is 7. The topological polar surface area (TPSA) is 218 Å². The first-order valence-electron chi connectivity index (χ1n) is 12.3. The second-order valence-corrected chi connectivity index (χ2v) is 8.82. The predicted molar refractivity (Wildman–Crippen MR) is 141 cm³/mol. The van der Waals surface area contributed by atoms with Crippen LogP contribution >= 0.6 is 0 Å². The van der Waals surface area contributed by atoms with Gasteiger partial charge in [0.1, 0.15) is 18.7 Å². The first-order chi connectivity index (χ1) is 18.9. The summed E-state index contributed by atoms with van der Waals surface area (Å²) in [6, 6.07) is 3.40. The number of hydrogen-bond donors (Lipinski definition) is 6. The lowest BCUT2D eigenvalue weighted by Gasteiger charge is -2.21. The van der Waals surface area contributed by atoms with Crippen molar-refractivity contribution in [2.45, 2.75) is 45.0 Å². The molecule has 2 rings (SSSR count). The molecule has 7 amide bonds. The van der Waals surface area contributed by atoms with Crippen LogP contribution in [-0.4, -0.2) is 84.7 Å². The maximum atomic E-state index is 12.8. The number of nitrogens with two attached hydrogens (primary N) is 1. The van der Waals surface area contributed by atoms with Crippen molar-refractivity contribution < 1.29 is 38.3 Å². The number of nitrogens with one attached hydrogen (secondary N) is 5. The zero-order valence-corrected chi connectivity index (χ0v) is 22.3. The highest BCUT2D eigenvalue weighted by atomic mass is 16.5. The number of hydrogen-bond acceptors (Lipinski definition) is 9. The number of imide groups is 1. The second-order valence-electron chi connectivity index (χ2n) is 8.82. The van der Waals surface area contributed by atoms with Crippen LogP contribution in [0.25, 0.3) is 0 Å². The summed E-state index contributed by atoms with van der Waals surface area (Å²) in [6.07, 6.45) is 1.08. The Balaban J connectivity index is 1.84. The molecule has 3 atom stereocenters. The third kappa shape index (κ3) is 9.83. The minimum absolute atomic E-state index is 0.00839. The smallest absolute Gasteiger partial charge is 0.407 e. The number of rotatable bonds is 14. The normalized spacial score (nSPS) is 14.6. The van der Waals surface area contributed by atoms with Gasteiger partial charge in [0.15, 0.2) is 0 Å². The van der Waals surface area contributed by atoms with Gasteiger partial charge >= 0.3 is 6.09 Å². The van der Waals surface area contributed by atoms with Gasteiger partial charge < -0.3 is 37.1 Å². The summed E-state index contributed by atoms with van der Waals surface area (Å²) in [4.78, 5) is 84.6. The summed E-state index contributed by atoms with van der Waals surface area (Å²) in [7, 11) is 1.59. The molecule has 0 aromatic heterocycles. The van der Waals surface area contributed by atoms with Crippen molar-refractivity contribution in [1.29, 1.82) is 0 Å². The van der Waals surface area contributed by atoms with E-state index in [1.807, 2.05) is 0 Å². The number of carbonyl (C=O) groups is 7. The van der Waals surface area contributed by atoms with Crippen LogP contribution in [0.4, 0.5) is 10.5 Å². The predicted octanol–water partition coefficient (Wildman–Crippen LogP) is -1.75. The molecule has 0 aliphatic carbocycles. The lowest BCUT2D eigenvalue weighted by atomic mass is 10.1. The fourth-order valence-electron chi connectivity index (χ4n) is 3.28. The van der Waals surface area contributed by atoms with E-state index in [0.717, 1.165) is 17.1 Å². The highest BCUT2D eigenvalue weighted by Crippen LogP contribution is 2.12. The number of likely N-dealkylation sites (N-methyl/N-ethyl adjacent to an activating group) is 1. The molecule has 1 heterocycles. The highest BCUT2D eigenvalue weighted by molar-refractivity contribution is 6.12. The van der Waals surface area contributed by atoms with E-state index in [2.05, 4.69) is 26.6 Å². The number of primary amides is 1. The molecule has 0 spiro atoms. The summed E-state index contributed by atoms with van der Waals surface area (Å²) in [5.41, 5.74) is 6.16. The van der Waals surface area contributed by atoms with Crippen LogP contribution in [0.3, 0.4) is 0 Å². The fraction of sp³-hybridized carbons (Fsp3) is 0.400. The van der Waals surface area contributed by atoms with E-state index in [9.17, 15) is 33.6 Å². The van der Waals surface area contributed by atoms with Gasteiger partial charge in [0.2, 0.25) is 23.6 Å². The van der Waals surface area contributed by atoms with E-state index < -0.39 is 66.1 Å². The summed E-state index contributed by atoms with van der Waals surface area (Å²) in [5, 5.41) is 12.7. The first-order valence-corrected chi connectivity index (χ1v) is 12.3. The van der Waals surface area contributed by atoms with Crippen LogP contribution in [0.1, 0.15) is 25.8 Å². The Bertz CT molecular complexity index is 1150. The van der Waals surface area contributed by atoms with Gasteiger partial charge in [-0.1, -0.05) is 12.1 Å². The molecule has 3 unspecified atom stereocenters. The van der Waals surface area contributed by atoms with Crippen molar-refractivity contribution in [1.82, 2.24) is 26.2 Å². The van der Waals surface area contributed by atoms with Crippen molar-refractivity contribution >= 4 is 47.2 Å². The van der Waals surface area contributed by atoms with Gasteiger partial charge in [0, 0.05) is 30.9 Å². The largest absolute Gasteiger partial charge is 0.445 e. The zero-order chi connectivity index (χ0) is 29.8. The minimum Gasteiger partial charge on any atom is -0.445 e. The van der Waals surface area contributed by atoms with Crippen LogP contribution in [-0.2, 0) is 40.1 Å². The van der Waals surface area contributed by atoms with Crippen LogP contribution in [0.5, 0.6) is 0 Å². The Morgan fingerprint density at radius 1 is 0.900 bits per heavy atom. The Kier molecular flexibility index (Phi) is 11.8. The standard InChI is InChI=1S/C25H33N7O8/c1-14(27-3)22(36)29-15(2)23(37)31-18(12-19(26)33)24(38)30-17-6-4-16(5-7-17)13-40-25(39)28-10-11-32-20(34)8-9-21(32)35/h4-9,14-15,18,27H,10-13H2,1-3H3,(H2,26,33)(H,28,39)(H,29,36)(H,30,38)(H,31,37). The van der Waals surface area contributed by atoms with E-state index in [4.69, 9.17) is 10.5 Å². The van der Waals surface area contributed by atoms with Gasteiger partial charge in [-0.25, -0.2) is 4.79 Å². The summed E-state index contributed by atoms with van der Waals surface area (Å²) < 4.78 is 5.09. The molecule has 0 saturated carbocycles. The Hall–Kier alpha value is -4.79. The SMILES string of the molecule is CNC(C)C(=O)NC(C)C(=O)NC(CC(N)=O)C(=O)Nc1ccc(COC(=O)NCCN2C(=O)C=CC2=O)cc1. The molecule has 15 nitrogen and oxygen atoms in total. The van der Waals surface area contributed by atoms with Gasteiger partial charge in [-0.15, -0.1) is 0 Å². The number of benzene rings is 1. The molecule has 15 heteroatoms. The quantitative estimate of drug-likeness (QED) is 0.142. The minimum atomic E-state index is -1.29. The summed E-state index contributed by atoms with van der Waals surface area (Å²) >= 11 is 0. The van der Waals surface area contributed by atoms with E-state index in [1.54, 1.807) is 26.1 Å². The van der Waals surface area contributed by atoms with E-state index in [0.29, 0.717) is 11.3 Å². The van der Waals surface area contributed by atoms with Crippen molar-refractivity contribution in [2.75, 3.05) is 25.5 Å². The molecule has 0 radical (unpaired) electrons. The maximum absolute atomic E-state index is 12.8. The van der Waals surface area contributed by atoms with Gasteiger partial charge in [-0.3, -0.25) is 33.7 Å². The molecule has 216 valence electrons. The number of nitrogens with zero attached hydrogens (tertiary/aromatic N) is 1. The molecule has 0 fully saturated rings. The summed E-state index contributed by atoms with van der Waals surface area (Å²) in [5.74, 6) is -3.53. The van der Waals surface area contributed by atoms with Crippen molar-refractivity contribution in [3.63, 3.8) is 0 Å². The third-order valence-corrected chi connectivity index (χ3v) is 5.71. The van der Waals surface area contributed by atoms with E-state index in [-0.39, 0.29) is 19.7 Å².